The number of amides is 1. The van der Waals surface area contributed by atoms with E-state index in [2.05, 4.69) is 25.3 Å². The van der Waals surface area contributed by atoms with Crippen LogP contribution >= 0.6 is 0 Å². The molecule has 1 saturated heterocycles. The molecule has 1 amide bonds. The molecular weight excluding hydrogens is 515 g/mol. The van der Waals surface area contributed by atoms with Crippen LogP contribution in [0.1, 0.15) is 41.7 Å². The second kappa shape index (κ2) is 10.8. The van der Waals surface area contributed by atoms with Gasteiger partial charge in [0.1, 0.15) is 17.0 Å². The van der Waals surface area contributed by atoms with E-state index in [4.69, 9.17) is 14.9 Å². The SMILES string of the molecule is CCOc1ccc(-c2nc(C(=O)N3CCC(Nc4ncccn4)CC3)c(CN)o2)c2ccc(C(F)(F)F)nc12. The molecule has 0 saturated carbocycles. The Morgan fingerprint density at radius 1 is 1.15 bits per heavy atom. The van der Waals surface area contributed by atoms with E-state index in [9.17, 15) is 18.0 Å². The molecular formula is C26H26F3N7O3. The number of halogens is 3. The molecule has 0 unspecified atom stereocenters. The third-order valence-corrected chi connectivity index (χ3v) is 6.41. The molecule has 1 aliphatic rings. The first kappa shape index (κ1) is 26.4. The van der Waals surface area contributed by atoms with Crippen LogP contribution < -0.4 is 15.8 Å². The fraction of sp³-hybridized carbons (Fsp3) is 0.346. The van der Waals surface area contributed by atoms with Crippen LogP contribution in [-0.4, -0.2) is 56.5 Å². The lowest BCUT2D eigenvalue weighted by atomic mass is 10.0. The van der Waals surface area contributed by atoms with Crippen molar-refractivity contribution in [1.82, 2.24) is 24.8 Å². The lowest BCUT2D eigenvalue weighted by Gasteiger charge is -2.32. The zero-order valence-corrected chi connectivity index (χ0v) is 21.0. The number of nitrogens with two attached hydrogens (primary N) is 1. The highest BCUT2D eigenvalue weighted by Crippen LogP contribution is 2.37. The number of pyridine rings is 1. The molecule has 3 aromatic heterocycles. The Bertz CT molecular complexity index is 1470. The summed E-state index contributed by atoms with van der Waals surface area (Å²) in [5.74, 6) is 0.656. The number of aromatic nitrogens is 4. The van der Waals surface area contributed by atoms with Crippen molar-refractivity contribution >= 4 is 22.8 Å². The van der Waals surface area contributed by atoms with Crippen LogP contribution in [0.25, 0.3) is 22.4 Å². The van der Waals surface area contributed by atoms with Gasteiger partial charge in [0.15, 0.2) is 11.5 Å². The molecule has 1 aromatic carbocycles. The van der Waals surface area contributed by atoms with Gasteiger partial charge in [0.25, 0.3) is 5.91 Å². The maximum absolute atomic E-state index is 13.4. The Morgan fingerprint density at radius 2 is 1.90 bits per heavy atom. The van der Waals surface area contributed by atoms with Crippen LogP contribution in [0, 0.1) is 0 Å². The summed E-state index contributed by atoms with van der Waals surface area (Å²) >= 11 is 0. The zero-order valence-electron chi connectivity index (χ0n) is 21.0. The Hall–Kier alpha value is -4.26. The molecule has 204 valence electrons. The molecule has 1 fully saturated rings. The quantitative estimate of drug-likeness (QED) is 0.352. The number of benzene rings is 1. The highest BCUT2D eigenvalue weighted by Gasteiger charge is 2.34. The number of alkyl halides is 3. The van der Waals surface area contributed by atoms with Crippen molar-refractivity contribution in [2.45, 2.75) is 38.5 Å². The Labute approximate surface area is 221 Å². The van der Waals surface area contributed by atoms with Gasteiger partial charge in [-0.3, -0.25) is 4.79 Å². The van der Waals surface area contributed by atoms with E-state index < -0.39 is 11.9 Å². The first-order chi connectivity index (χ1) is 18.8. The summed E-state index contributed by atoms with van der Waals surface area (Å²) in [7, 11) is 0. The number of oxazole rings is 1. The number of likely N-dealkylation sites (tertiary alicyclic amines) is 1. The smallest absolute Gasteiger partial charge is 0.433 e. The van der Waals surface area contributed by atoms with Crippen molar-refractivity contribution in [1.29, 1.82) is 0 Å². The highest BCUT2D eigenvalue weighted by atomic mass is 19.4. The van der Waals surface area contributed by atoms with E-state index in [-0.39, 0.29) is 53.7 Å². The summed E-state index contributed by atoms with van der Waals surface area (Å²) in [6.07, 6.45) is 0.0551. The van der Waals surface area contributed by atoms with Gasteiger partial charge in [0.2, 0.25) is 11.8 Å². The minimum Gasteiger partial charge on any atom is -0.492 e. The lowest BCUT2D eigenvalue weighted by molar-refractivity contribution is -0.140. The van der Waals surface area contributed by atoms with Gasteiger partial charge >= 0.3 is 6.18 Å². The summed E-state index contributed by atoms with van der Waals surface area (Å²) in [6, 6.07) is 7.16. The second-order valence-electron chi connectivity index (χ2n) is 8.91. The predicted octanol–water partition coefficient (Wildman–Crippen LogP) is 4.27. The van der Waals surface area contributed by atoms with E-state index in [1.807, 2.05) is 0 Å². The van der Waals surface area contributed by atoms with Crippen LogP contribution in [0.15, 0.2) is 47.1 Å². The monoisotopic (exact) mass is 541 g/mol. The van der Waals surface area contributed by atoms with Crippen molar-refractivity contribution in [2.75, 3.05) is 25.0 Å². The molecule has 0 atom stereocenters. The van der Waals surface area contributed by atoms with E-state index in [0.717, 1.165) is 6.07 Å². The van der Waals surface area contributed by atoms with Crippen molar-refractivity contribution in [3.63, 3.8) is 0 Å². The molecule has 3 N–H and O–H groups in total. The zero-order chi connectivity index (χ0) is 27.6. The van der Waals surface area contributed by atoms with E-state index in [1.165, 1.54) is 12.1 Å². The summed E-state index contributed by atoms with van der Waals surface area (Å²) in [5.41, 5.74) is 5.29. The number of hydrogen-bond donors (Lipinski definition) is 2. The fourth-order valence-electron chi connectivity index (χ4n) is 4.51. The predicted molar refractivity (Wildman–Crippen MR) is 136 cm³/mol. The van der Waals surface area contributed by atoms with Gasteiger partial charge in [-0.1, -0.05) is 0 Å². The number of carbonyl (C=O) groups is 1. The molecule has 0 radical (unpaired) electrons. The number of fused-ring (bicyclic) bond motifs is 1. The number of anilines is 1. The summed E-state index contributed by atoms with van der Waals surface area (Å²) in [6.45, 7) is 2.84. The maximum atomic E-state index is 13.4. The number of hydrogen-bond acceptors (Lipinski definition) is 9. The van der Waals surface area contributed by atoms with Crippen LogP contribution in [0.4, 0.5) is 19.1 Å². The van der Waals surface area contributed by atoms with Gasteiger partial charge < -0.3 is 25.1 Å². The average molecular weight is 542 g/mol. The third kappa shape index (κ3) is 5.48. The number of ether oxygens (including phenoxy) is 1. The van der Waals surface area contributed by atoms with E-state index >= 15 is 0 Å². The minimum absolute atomic E-state index is 0.0153. The van der Waals surface area contributed by atoms with Crippen molar-refractivity contribution in [3.05, 3.63) is 59.9 Å². The van der Waals surface area contributed by atoms with Crippen molar-refractivity contribution in [3.8, 4) is 17.2 Å². The van der Waals surface area contributed by atoms with Gasteiger partial charge in [0, 0.05) is 42.5 Å². The largest absolute Gasteiger partial charge is 0.492 e. The molecule has 1 aliphatic heterocycles. The molecule has 0 bridgehead atoms. The summed E-state index contributed by atoms with van der Waals surface area (Å²) in [5, 5.41) is 3.61. The lowest BCUT2D eigenvalue weighted by Crippen LogP contribution is -2.43. The van der Waals surface area contributed by atoms with Gasteiger partial charge in [0.05, 0.1) is 13.2 Å². The Balaban J connectivity index is 1.41. The number of piperidine rings is 1. The first-order valence-electron chi connectivity index (χ1n) is 12.4. The van der Waals surface area contributed by atoms with Crippen LogP contribution in [0.2, 0.25) is 0 Å². The van der Waals surface area contributed by atoms with Gasteiger partial charge in [-0.25, -0.2) is 19.9 Å². The summed E-state index contributed by atoms with van der Waals surface area (Å²) in [4.78, 5) is 31.7. The topological polar surface area (TPSA) is 132 Å². The summed E-state index contributed by atoms with van der Waals surface area (Å²) < 4.78 is 51.5. The molecule has 0 aliphatic carbocycles. The van der Waals surface area contributed by atoms with Crippen LogP contribution in [-0.2, 0) is 12.7 Å². The van der Waals surface area contributed by atoms with Gasteiger partial charge in [-0.05, 0) is 50.1 Å². The molecule has 10 nitrogen and oxygen atoms in total. The normalized spacial score (nSPS) is 14.5. The van der Waals surface area contributed by atoms with Crippen LogP contribution in [0.3, 0.4) is 0 Å². The van der Waals surface area contributed by atoms with E-state index in [0.29, 0.717) is 42.8 Å². The molecule has 39 heavy (non-hydrogen) atoms. The number of nitrogens with one attached hydrogen (secondary N) is 1. The van der Waals surface area contributed by atoms with Gasteiger partial charge in [-0.2, -0.15) is 13.2 Å². The molecule has 13 heteroatoms. The maximum Gasteiger partial charge on any atom is 0.433 e. The molecule has 5 rings (SSSR count). The second-order valence-corrected chi connectivity index (χ2v) is 8.91. The number of nitrogens with zero attached hydrogens (tertiary/aromatic N) is 5. The highest BCUT2D eigenvalue weighted by molar-refractivity contribution is 5.98. The van der Waals surface area contributed by atoms with Crippen LogP contribution in [0.5, 0.6) is 5.75 Å². The first-order valence-corrected chi connectivity index (χ1v) is 12.4. The van der Waals surface area contributed by atoms with Crippen molar-refractivity contribution < 1.29 is 27.1 Å². The molecule has 4 aromatic rings. The molecule has 0 spiro atoms. The van der Waals surface area contributed by atoms with Gasteiger partial charge in [-0.15, -0.1) is 0 Å². The fourth-order valence-corrected chi connectivity index (χ4v) is 4.51. The molecule has 4 heterocycles. The minimum atomic E-state index is -4.62. The number of rotatable bonds is 7. The third-order valence-electron chi connectivity index (χ3n) is 6.41. The standard InChI is InChI=1S/C26H26F3N7O3/c1-2-38-18-6-4-17(16-5-7-20(26(27,28)29)34-21(16)18)23-35-22(19(14-30)39-23)24(37)36-12-8-15(9-13-36)33-25-31-10-3-11-32-25/h3-7,10-11,15H,2,8-9,12-14,30H2,1H3,(H,31,32,33). The van der Waals surface area contributed by atoms with E-state index in [1.54, 1.807) is 36.4 Å². The average Bonchev–Trinajstić information content (AvgIpc) is 3.37. The number of carbonyl (C=O) groups excluding carboxylic acids is 1. The Kier molecular flexibility index (Phi) is 7.33. The Morgan fingerprint density at radius 3 is 2.56 bits per heavy atom. The van der Waals surface area contributed by atoms with Crippen molar-refractivity contribution in [2.24, 2.45) is 5.73 Å².